The number of ether oxygens (including phenoxy) is 1. The van der Waals surface area contributed by atoms with E-state index in [0.717, 1.165) is 48.4 Å². The number of thioether (sulfide) groups is 1. The lowest BCUT2D eigenvalue weighted by atomic mass is 10.0. The molecule has 1 N–H and O–H groups in total. The molecule has 3 aromatic rings. The van der Waals surface area contributed by atoms with Crippen molar-refractivity contribution in [1.29, 1.82) is 0 Å². The Hall–Kier alpha value is -3.10. The number of nitrogens with zero attached hydrogens (tertiary/aromatic N) is 3. The second kappa shape index (κ2) is 15.1. The minimum absolute atomic E-state index is 0.0834. The van der Waals surface area contributed by atoms with Crippen molar-refractivity contribution in [3.8, 4) is 17.2 Å². The molecule has 0 fully saturated rings. The van der Waals surface area contributed by atoms with Gasteiger partial charge in [-0.15, -0.1) is 22.0 Å². The third-order valence-electron chi connectivity index (χ3n) is 5.44. The molecule has 0 atom stereocenters. The zero-order valence-corrected chi connectivity index (χ0v) is 22.1. The summed E-state index contributed by atoms with van der Waals surface area (Å²) in [4.78, 5) is 14.5. The lowest BCUT2D eigenvalue weighted by molar-refractivity contribution is -0.117. The van der Waals surface area contributed by atoms with Crippen molar-refractivity contribution in [3.63, 3.8) is 0 Å². The molecule has 3 rings (SSSR count). The van der Waals surface area contributed by atoms with Gasteiger partial charge in [0.15, 0.2) is 0 Å². The van der Waals surface area contributed by atoms with Crippen LogP contribution in [0, 0.1) is 0 Å². The van der Waals surface area contributed by atoms with Gasteiger partial charge in [-0.1, -0.05) is 43.3 Å². The number of nitrogens with one attached hydrogen (secondary N) is 1. The van der Waals surface area contributed by atoms with Gasteiger partial charge in [0.1, 0.15) is 5.75 Å². The van der Waals surface area contributed by atoms with E-state index in [2.05, 4.69) is 41.1 Å². The second-order valence-corrected chi connectivity index (χ2v) is 9.92. The van der Waals surface area contributed by atoms with Crippen molar-refractivity contribution in [3.05, 3.63) is 78.2 Å². The van der Waals surface area contributed by atoms with Crippen molar-refractivity contribution >= 4 is 17.7 Å². The molecule has 7 nitrogen and oxygen atoms in total. The van der Waals surface area contributed by atoms with Gasteiger partial charge in [-0.3, -0.25) is 4.79 Å². The summed E-state index contributed by atoms with van der Waals surface area (Å²) in [5.74, 6) is 3.33. The van der Waals surface area contributed by atoms with Gasteiger partial charge in [-0.2, -0.15) is 0 Å². The van der Waals surface area contributed by atoms with E-state index in [1.54, 1.807) is 11.8 Å². The van der Waals surface area contributed by atoms with Crippen LogP contribution in [0.1, 0.15) is 30.7 Å². The molecule has 0 aliphatic carbocycles. The first-order valence-corrected chi connectivity index (χ1v) is 13.4. The van der Waals surface area contributed by atoms with E-state index < -0.39 is 0 Å². The quantitative estimate of drug-likeness (QED) is 0.216. The summed E-state index contributed by atoms with van der Waals surface area (Å²) in [6.45, 7) is 6.34. The highest BCUT2D eigenvalue weighted by Crippen LogP contribution is 2.21. The van der Waals surface area contributed by atoms with Gasteiger partial charge in [-0.05, 0) is 63.3 Å². The van der Waals surface area contributed by atoms with E-state index in [0.29, 0.717) is 42.7 Å². The maximum Gasteiger partial charge on any atom is 0.247 e. The molecule has 0 radical (unpaired) electrons. The van der Waals surface area contributed by atoms with Gasteiger partial charge in [0, 0.05) is 29.9 Å². The maximum absolute atomic E-state index is 12.3. The maximum atomic E-state index is 12.3. The van der Waals surface area contributed by atoms with Crippen LogP contribution in [0.25, 0.3) is 11.5 Å². The molecule has 1 amide bonds. The van der Waals surface area contributed by atoms with Gasteiger partial charge >= 0.3 is 0 Å². The molecule has 0 bridgehead atoms. The number of hydrogen-bond acceptors (Lipinski definition) is 7. The van der Waals surface area contributed by atoms with Crippen LogP contribution in [0.3, 0.4) is 0 Å². The zero-order chi connectivity index (χ0) is 25.6. The number of unbranched alkanes of at least 4 members (excludes halogenated alkanes) is 2. The van der Waals surface area contributed by atoms with E-state index in [-0.39, 0.29) is 5.91 Å². The standard InChI is InChI=1S/C28H36N4O3S/c1-22(27(33)29-16-8-5-9-17-32(2)3)20-23-12-14-24(15-13-23)28-31-30-26(35-28)21-36-19-18-34-25-10-6-4-7-11-25/h4,6-7,10-15H,1,5,8-9,16-21H2,2-3H3,(H,29,33). The molecular formula is C28H36N4O3S. The highest BCUT2D eigenvalue weighted by molar-refractivity contribution is 7.98. The topological polar surface area (TPSA) is 80.5 Å². The first-order chi connectivity index (χ1) is 17.5. The van der Waals surface area contributed by atoms with E-state index in [9.17, 15) is 4.79 Å². The molecular weight excluding hydrogens is 472 g/mol. The highest BCUT2D eigenvalue weighted by atomic mass is 32.2. The van der Waals surface area contributed by atoms with E-state index in [4.69, 9.17) is 9.15 Å². The summed E-state index contributed by atoms with van der Waals surface area (Å²) < 4.78 is 11.5. The van der Waals surface area contributed by atoms with Crippen molar-refractivity contribution in [2.75, 3.05) is 39.5 Å². The molecule has 36 heavy (non-hydrogen) atoms. The summed E-state index contributed by atoms with van der Waals surface area (Å²) in [7, 11) is 4.15. The molecule has 0 saturated carbocycles. The van der Waals surface area contributed by atoms with Gasteiger partial charge in [0.25, 0.3) is 0 Å². The average Bonchev–Trinajstić information content (AvgIpc) is 3.35. The molecule has 0 spiro atoms. The fourth-order valence-electron chi connectivity index (χ4n) is 3.47. The number of hydrogen-bond donors (Lipinski definition) is 1. The van der Waals surface area contributed by atoms with Crippen molar-refractivity contribution in [2.45, 2.75) is 31.4 Å². The van der Waals surface area contributed by atoms with Gasteiger partial charge < -0.3 is 19.4 Å². The smallest absolute Gasteiger partial charge is 0.247 e. The van der Waals surface area contributed by atoms with Crippen LogP contribution in [0.5, 0.6) is 5.75 Å². The third-order valence-corrected chi connectivity index (χ3v) is 6.35. The summed E-state index contributed by atoms with van der Waals surface area (Å²) in [6, 6.07) is 17.6. The van der Waals surface area contributed by atoms with Crippen LogP contribution >= 0.6 is 11.8 Å². The Morgan fingerprint density at radius 2 is 1.83 bits per heavy atom. The van der Waals surface area contributed by atoms with E-state index >= 15 is 0 Å². The number of rotatable bonds is 16. The van der Waals surface area contributed by atoms with Crippen LogP contribution in [0.15, 0.2) is 71.2 Å². The molecule has 0 aliphatic heterocycles. The molecule has 192 valence electrons. The molecule has 1 heterocycles. The first-order valence-electron chi connectivity index (χ1n) is 12.3. The number of carbonyl (C=O) groups excluding carboxylic acids is 1. The Morgan fingerprint density at radius 3 is 2.58 bits per heavy atom. The van der Waals surface area contributed by atoms with Crippen molar-refractivity contribution in [2.24, 2.45) is 0 Å². The van der Waals surface area contributed by atoms with Crippen LogP contribution in [0.2, 0.25) is 0 Å². The van der Waals surface area contributed by atoms with Crippen molar-refractivity contribution in [1.82, 2.24) is 20.4 Å². The van der Waals surface area contributed by atoms with Crippen LogP contribution in [-0.4, -0.2) is 60.5 Å². The Morgan fingerprint density at radius 1 is 1.06 bits per heavy atom. The molecule has 0 aliphatic rings. The third kappa shape index (κ3) is 9.87. The predicted molar refractivity (Wildman–Crippen MR) is 146 cm³/mol. The lowest BCUT2D eigenvalue weighted by Crippen LogP contribution is -2.26. The fraction of sp³-hybridized carbons (Fsp3) is 0.393. The SMILES string of the molecule is C=C(Cc1ccc(-c2nnc(CSCCOc3ccccc3)o2)cc1)C(=O)NCCCCCN(C)C. The van der Waals surface area contributed by atoms with Crippen molar-refractivity contribution < 1.29 is 13.9 Å². The Balaban J connectivity index is 1.35. The van der Waals surface area contributed by atoms with Gasteiger partial charge in [0.05, 0.1) is 12.4 Å². The predicted octanol–water partition coefficient (Wildman–Crippen LogP) is 5.00. The minimum Gasteiger partial charge on any atom is -0.493 e. The van der Waals surface area contributed by atoms with Gasteiger partial charge in [-0.25, -0.2) is 0 Å². The fourth-order valence-corrected chi connectivity index (χ4v) is 4.11. The Labute approximate surface area is 218 Å². The molecule has 0 saturated heterocycles. The number of carbonyl (C=O) groups is 1. The minimum atomic E-state index is -0.0834. The number of benzene rings is 2. The number of aromatic nitrogens is 2. The molecule has 1 aromatic heterocycles. The highest BCUT2D eigenvalue weighted by Gasteiger charge is 2.11. The zero-order valence-electron chi connectivity index (χ0n) is 21.2. The van der Waals surface area contributed by atoms with Crippen LogP contribution < -0.4 is 10.1 Å². The number of para-hydroxylation sites is 1. The summed E-state index contributed by atoms with van der Waals surface area (Å²) in [5, 5.41) is 11.3. The average molecular weight is 509 g/mol. The van der Waals surface area contributed by atoms with Crippen LogP contribution in [0.4, 0.5) is 0 Å². The van der Waals surface area contributed by atoms with E-state index in [1.807, 2.05) is 54.6 Å². The normalized spacial score (nSPS) is 11.0. The Kier molecular flexibility index (Phi) is 11.5. The molecule has 0 unspecified atom stereocenters. The molecule has 8 heteroatoms. The number of amides is 1. The second-order valence-electron chi connectivity index (χ2n) is 8.81. The summed E-state index contributed by atoms with van der Waals surface area (Å²) in [6.07, 6.45) is 3.72. The Bertz CT molecular complexity index is 1070. The van der Waals surface area contributed by atoms with Gasteiger partial charge in [0.2, 0.25) is 17.7 Å². The monoisotopic (exact) mass is 508 g/mol. The summed E-state index contributed by atoms with van der Waals surface area (Å²) >= 11 is 1.69. The largest absolute Gasteiger partial charge is 0.493 e. The first kappa shape index (κ1) is 27.5. The molecule has 2 aromatic carbocycles. The lowest BCUT2D eigenvalue weighted by Gasteiger charge is -2.10. The van der Waals surface area contributed by atoms with Crippen LogP contribution in [-0.2, 0) is 17.0 Å². The van der Waals surface area contributed by atoms with E-state index in [1.165, 1.54) is 0 Å². The summed E-state index contributed by atoms with van der Waals surface area (Å²) in [5.41, 5.74) is 2.42.